The van der Waals surface area contributed by atoms with Crippen molar-refractivity contribution in [2.75, 3.05) is 7.11 Å². The van der Waals surface area contributed by atoms with Crippen molar-refractivity contribution in [2.24, 2.45) is 5.73 Å². The number of nitrogens with two attached hydrogens (primary N) is 1. The van der Waals surface area contributed by atoms with Crippen LogP contribution in [0.5, 0.6) is 11.5 Å². The number of aryl methyl sites for hydroxylation is 1. The predicted octanol–water partition coefficient (Wildman–Crippen LogP) is 0.808. The predicted molar refractivity (Wildman–Crippen MR) is 47.9 cm³/mol. The fraction of sp³-hybridized carbons (Fsp3) is 0.222. The van der Waals surface area contributed by atoms with Crippen molar-refractivity contribution in [1.82, 2.24) is 0 Å². The summed E-state index contributed by atoms with van der Waals surface area (Å²) in [6.45, 7) is 1.77. The summed E-state index contributed by atoms with van der Waals surface area (Å²) in [6.07, 6.45) is 0. The molecule has 0 heterocycles. The molecule has 0 fully saturated rings. The maximum absolute atomic E-state index is 10.8. The molecular weight excluding hydrogens is 170 g/mol. The Morgan fingerprint density at radius 3 is 2.62 bits per heavy atom. The lowest BCUT2D eigenvalue weighted by atomic mass is 10.1. The van der Waals surface area contributed by atoms with Gasteiger partial charge in [0.05, 0.1) is 12.7 Å². The average molecular weight is 181 g/mol. The Bertz CT molecular complexity index is 347. The highest BCUT2D eigenvalue weighted by molar-refractivity contribution is 5.96. The van der Waals surface area contributed by atoms with E-state index in [4.69, 9.17) is 10.5 Å². The number of carbonyl (C=O) groups is 1. The van der Waals surface area contributed by atoms with Crippen molar-refractivity contribution in [3.05, 3.63) is 23.3 Å². The first-order valence-electron chi connectivity index (χ1n) is 3.73. The minimum Gasteiger partial charge on any atom is -0.507 e. The maximum Gasteiger partial charge on any atom is 0.252 e. The molecule has 4 heteroatoms. The molecule has 13 heavy (non-hydrogen) atoms. The van der Waals surface area contributed by atoms with Crippen LogP contribution in [-0.2, 0) is 0 Å². The molecule has 1 amide bonds. The van der Waals surface area contributed by atoms with Crippen LogP contribution in [0.3, 0.4) is 0 Å². The number of phenols is 1. The lowest BCUT2D eigenvalue weighted by molar-refractivity contribution is 0.0997. The molecule has 1 aromatic rings. The van der Waals surface area contributed by atoms with Crippen LogP contribution in [0.25, 0.3) is 0 Å². The smallest absolute Gasteiger partial charge is 0.252 e. The van der Waals surface area contributed by atoms with Gasteiger partial charge in [-0.2, -0.15) is 0 Å². The zero-order chi connectivity index (χ0) is 10.0. The molecule has 0 aliphatic rings. The van der Waals surface area contributed by atoms with E-state index in [0.717, 1.165) is 5.56 Å². The van der Waals surface area contributed by atoms with E-state index in [2.05, 4.69) is 0 Å². The average Bonchev–Trinajstić information content (AvgIpc) is 2.07. The number of benzene rings is 1. The van der Waals surface area contributed by atoms with Crippen LogP contribution in [0.4, 0.5) is 0 Å². The highest BCUT2D eigenvalue weighted by atomic mass is 16.5. The molecule has 0 spiro atoms. The van der Waals surface area contributed by atoms with Crippen LogP contribution in [0.2, 0.25) is 0 Å². The second-order valence-electron chi connectivity index (χ2n) is 2.70. The van der Waals surface area contributed by atoms with Gasteiger partial charge in [-0.1, -0.05) is 0 Å². The molecule has 0 aliphatic heterocycles. The van der Waals surface area contributed by atoms with Crippen molar-refractivity contribution >= 4 is 5.91 Å². The van der Waals surface area contributed by atoms with Gasteiger partial charge in [-0.05, 0) is 18.6 Å². The number of carbonyl (C=O) groups excluding carboxylic acids is 1. The van der Waals surface area contributed by atoms with E-state index in [9.17, 15) is 9.90 Å². The molecule has 0 saturated carbocycles. The highest BCUT2D eigenvalue weighted by Crippen LogP contribution is 2.26. The molecule has 0 atom stereocenters. The highest BCUT2D eigenvalue weighted by Gasteiger charge is 2.10. The fourth-order valence-corrected chi connectivity index (χ4v) is 1.09. The third kappa shape index (κ3) is 1.72. The maximum atomic E-state index is 10.8. The number of hydrogen-bond acceptors (Lipinski definition) is 3. The summed E-state index contributed by atoms with van der Waals surface area (Å²) in [5.41, 5.74) is 5.90. The van der Waals surface area contributed by atoms with Gasteiger partial charge in [-0.25, -0.2) is 0 Å². The Morgan fingerprint density at radius 2 is 2.15 bits per heavy atom. The number of amides is 1. The van der Waals surface area contributed by atoms with Crippen LogP contribution in [0.1, 0.15) is 15.9 Å². The monoisotopic (exact) mass is 181 g/mol. The Kier molecular flexibility index (Phi) is 2.41. The topological polar surface area (TPSA) is 72.6 Å². The molecule has 1 rings (SSSR count). The Balaban J connectivity index is 3.28. The zero-order valence-corrected chi connectivity index (χ0v) is 7.50. The van der Waals surface area contributed by atoms with Gasteiger partial charge in [0.15, 0.2) is 0 Å². The van der Waals surface area contributed by atoms with Gasteiger partial charge >= 0.3 is 0 Å². The van der Waals surface area contributed by atoms with Gasteiger partial charge in [0.1, 0.15) is 11.5 Å². The van der Waals surface area contributed by atoms with Crippen LogP contribution in [0.15, 0.2) is 12.1 Å². The molecule has 0 radical (unpaired) electrons. The molecule has 0 unspecified atom stereocenters. The molecule has 70 valence electrons. The van der Waals surface area contributed by atoms with E-state index in [1.807, 2.05) is 0 Å². The second-order valence-corrected chi connectivity index (χ2v) is 2.70. The summed E-state index contributed by atoms with van der Waals surface area (Å²) < 4.78 is 4.95. The molecule has 1 aromatic carbocycles. The van der Waals surface area contributed by atoms with E-state index in [1.54, 1.807) is 6.92 Å². The largest absolute Gasteiger partial charge is 0.507 e. The van der Waals surface area contributed by atoms with Gasteiger partial charge < -0.3 is 15.6 Å². The van der Waals surface area contributed by atoms with Crippen molar-refractivity contribution in [2.45, 2.75) is 6.92 Å². The number of ether oxygens (including phenoxy) is 1. The summed E-state index contributed by atoms with van der Waals surface area (Å²) in [4.78, 5) is 10.8. The van der Waals surface area contributed by atoms with Crippen molar-refractivity contribution in [1.29, 1.82) is 0 Å². The first kappa shape index (κ1) is 9.38. The summed E-state index contributed by atoms with van der Waals surface area (Å²) in [6, 6.07) is 2.87. The summed E-state index contributed by atoms with van der Waals surface area (Å²) >= 11 is 0. The number of hydrogen-bond donors (Lipinski definition) is 2. The van der Waals surface area contributed by atoms with Crippen LogP contribution < -0.4 is 10.5 Å². The minimum absolute atomic E-state index is 0.110. The van der Waals surface area contributed by atoms with Gasteiger partial charge in [0, 0.05) is 6.07 Å². The molecule has 4 nitrogen and oxygen atoms in total. The lowest BCUT2D eigenvalue weighted by Crippen LogP contribution is -2.11. The fourth-order valence-electron chi connectivity index (χ4n) is 1.09. The number of rotatable bonds is 2. The first-order chi connectivity index (χ1) is 6.06. The Hall–Kier alpha value is -1.71. The molecule has 3 N–H and O–H groups in total. The van der Waals surface area contributed by atoms with Crippen LogP contribution >= 0.6 is 0 Å². The molecule has 0 bridgehead atoms. The first-order valence-corrected chi connectivity index (χ1v) is 3.73. The molecule has 0 aromatic heterocycles. The number of aromatic hydroxyl groups is 1. The van der Waals surface area contributed by atoms with Crippen molar-refractivity contribution in [3.8, 4) is 11.5 Å². The Labute approximate surface area is 75.9 Å². The quantitative estimate of drug-likeness (QED) is 0.709. The van der Waals surface area contributed by atoms with E-state index in [0.29, 0.717) is 5.75 Å². The minimum atomic E-state index is -0.650. The van der Waals surface area contributed by atoms with Gasteiger partial charge in [-0.15, -0.1) is 0 Å². The zero-order valence-electron chi connectivity index (χ0n) is 7.50. The summed E-state index contributed by atoms with van der Waals surface area (Å²) in [7, 11) is 1.49. The van der Waals surface area contributed by atoms with Gasteiger partial charge in [0.25, 0.3) is 5.91 Å². The van der Waals surface area contributed by atoms with Gasteiger partial charge in [0.2, 0.25) is 0 Å². The molecule has 0 saturated heterocycles. The third-order valence-corrected chi connectivity index (χ3v) is 1.78. The van der Waals surface area contributed by atoms with Crippen molar-refractivity contribution in [3.63, 3.8) is 0 Å². The van der Waals surface area contributed by atoms with Gasteiger partial charge in [-0.3, -0.25) is 4.79 Å². The summed E-state index contributed by atoms with van der Waals surface area (Å²) in [5, 5.41) is 9.34. The molecular formula is C9H11NO3. The summed E-state index contributed by atoms with van der Waals surface area (Å²) in [5.74, 6) is -0.277. The lowest BCUT2D eigenvalue weighted by Gasteiger charge is -2.07. The van der Waals surface area contributed by atoms with E-state index in [1.165, 1.54) is 19.2 Å². The molecule has 0 aliphatic carbocycles. The van der Waals surface area contributed by atoms with Crippen LogP contribution in [-0.4, -0.2) is 18.1 Å². The standard InChI is InChI=1S/C9H11NO3/c1-5-3-6(9(10)12)7(11)4-8(5)13-2/h3-4,11H,1-2H3,(H2,10,12). The number of methoxy groups -OCH3 is 1. The SMILES string of the molecule is COc1cc(O)c(C(N)=O)cc1C. The van der Waals surface area contributed by atoms with Crippen LogP contribution in [0, 0.1) is 6.92 Å². The normalized spacial score (nSPS) is 9.69. The van der Waals surface area contributed by atoms with E-state index >= 15 is 0 Å². The van der Waals surface area contributed by atoms with Crippen molar-refractivity contribution < 1.29 is 14.6 Å². The van der Waals surface area contributed by atoms with E-state index < -0.39 is 5.91 Å². The third-order valence-electron chi connectivity index (χ3n) is 1.78. The Morgan fingerprint density at radius 1 is 1.54 bits per heavy atom. The number of primary amides is 1. The van der Waals surface area contributed by atoms with E-state index in [-0.39, 0.29) is 11.3 Å². The second kappa shape index (κ2) is 3.35.